The van der Waals surface area contributed by atoms with Crippen molar-refractivity contribution in [2.75, 3.05) is 6.54 Å². The van der Waals surface area contributed by atoms with Gasteiger partial charge in [0.2, 0.25) is 5.91 Å². The monoisotopic (exact) mass is 362 g/mol. The van der Waals surface area contributed by atoms with E-state index in [1.54, 1.807) is 11.3 Å². The third kappa shape index (κ3) is 6.46. The standard InChI is InChI=1S/C19H26N2O3S/c1-13(2)11-14(19(23)24)12-20-17(22)9-5-6-10-18-21-15-7-3-4-8-16(15)25-18/h3-4,7-8,13-14H,5-6,9-12H2,1-2H3,(H,20,22)(H,23,24). The second kappa shape index (κ2) is 9.51. The molecule has 2 aromatic rings. The van der Waals surface area contributed by atoms with E-state index in [1.807, 2.05) is 32.0 Å². The maximum absolute atomic E-state index is 11.9. The summed E-state index contributed by atoms with van der Waals surface area (Å²) in [6.45, 7) is 4.18. The molecule has 2 N–H and O–H groups in total. The summed E-state index contributed by atoms with van der Waals surface area (Å²) in [6, 6.07) is 8.08. The van der Waals surface area contributed by atoms with Crippen molar-refractivity contribution >= 4 is 33.4 Å². The van der Waals surface area contributed by atoms with Crippen LogP contribution in [0.3, 0.4) is 0 Å². The summed E-state index contributed by atoms with van der Waals surface area (Å²) in [5.74, 6) is -1.12. The predicted molar refractivity (Wildman–Crippen MR) is 101 cm³/mol. The molecule has 0 aliphatic heterocycles. The van der Waals surface area contributed by atoms with Crippen LogP contribution in [-0.2, 0) is 16.0 Å². The van der Waals surface area contributed by atoms with Crippen LogP contribution in [0.5, 0.6) is 0 Å². The number of thiazole rings is 1. The molecule has 2 rings (SSSR count). The Hall–Kier alpha value is -1.95. The number of aromatic nitrogens is 1. The van der Waals surface area contributed by atoms with Gasteiger partial charge in [0, 0.05) is 13.0 Å². The van der Waals surface area contributed by atoms with E-state index in [-0.39, 0.29) is 12.5 Å². The number of hydrogen-bond donors (Lipinski definition) is 2. The van der Waals surface area contributed by atoms with E-state index >= 15 is 0 Å². The lowest BCUT2D eigenvalue weighted by Gasteiger charge is -2.15. The Kier molecular flexibility index (Phi) is 7.37. The van der Waals surface area contributed by atoms with Crippen LogP contribution >= 0.6 is 11.3 Å². The molecule has 0 aliphatic rings. The fraction of sp³-hybridized carbons (Fsp3) is 0.526. The first kappa shape index (κ1) is 19.4. The Labute approximate surface area is 152 Å². The molecule has 0 saturated carbocycles. The number of nitrogens with one attached hydrogen (secondary N) is 1. The van der Waals surface area contributed by atoms with Crippen LogP contribution < -0.4 is 5.32 Å². The number of benzene rings is 1. The molecule has 1 aromatic heterocycles. The topological polar surface area (TPSA) is 79.3 Å². The van der Waals surface area contributed by atoms with Gasteiger partial charge in [0.1, 0.15) is 0 Å². The third-order valence-electron chi connectivity index (χ3n) is 4.03. The van der Waals surface area contributed by atoms with Crippen molar-refractivity contribution in [3.8, 4) is 0 Å². The summed E-state index contributed by atoms with van der Waals surface area (Å²) in [6.07, 6.45) is 3.56. The first-order valence-electron chi connectivity index (χ1n) is 8.79. The number of hydrogen-bond acceptors (Lipinski definition) is 4. The zero-order valence-electron chi connectivity index (χ0n) is 14.8. The van der Waals surface area contributed by atoms with Crippen molar-refractivity contribution in [3.63, 3.8) is 0 Å². The van der Waals surface area contributed by atoms with Crippen molar-refractivity contribution < 1.29 is 14.7 Å². The minimum atomic E-state index is -0.843. The zero-order valence-corrected chi connectivity index (χ0v) is 15.6. The first-order valence-corrected chi connectivity index (χ1v) is 9.61. The molecule has 25 heavy (non-hydrogen) atoms. The summed E-state index contributed by atoms with van der Waals surface area (Å²) in [5.41, 5.74) is 1.03. The molecule has 1 amide bonds. The van der Waals surface area contributed by atoms with Crippen LogP contribution in [0.25, 0.3) is 10.2 Å². The van der Waals surface area contributed by atoms with Gasteiger partial charge in [0.15, 0.2) is 0 Å². The van der Waals surface area contributed by atoms with E-state index in [1.165, 1.54) is 4.70 Å². The number of carboxylic acids is 1. The van der Waals surface area contributed by atoms with E-state index < -0.39 is 11.9 Å². The van der Waals surface area contributed by atoms with Crippen molar-refractivity contribution in [1.29, 1.82) is 0 Å². The van der Waals surface area contributed by atoms with Crippen molar-refractivity contribution in [2.24, 2.45) is 11.8 Å². The van der Waals surface area contributed by atoms with Crippen LogP contribution in [0.4, 0.5) is 0 Å². The van der Waals surface area contributed by atoms with E-state index in [4.69, 9.17) is 0 Å². The van der Waals surface area contributed by atoms with Gasteiger partial charge in [-0.05, 0) is 43.7 Å². The number of rotatable bonds is 10. The van der Waals surface area contributed by atoms with Crippen LogP contribution in [0.15, 0.2) is 24.3 Å². The van der Waals surface area contributed by atoms with Crippen LogP contribution in [0.2, 0.25) is 0 Å². The molecule has 1 aromatic carbocycles. The molecule has 1 unspecified atom stereocenters. The van der Waals surface area contributed by atoms with Gasteiger partial charge in [-0.1, -0.05) is 26.0 Å². The van der Waals surface area contributed by atoms with E-state index in [9.17, 15) is 14.7 Å². The Morgan fingerprint density at radius 3 is 2.68 bits per heavy atom. The maximum Gasteiger partial charge on any atom is 0.308 e. The lowest BCUT2D eigenvalue weighted by Crippen LogP contribution is -2.33. The molecular formula is C19H26N2O3S. The molecule has 0 spiro atoms. The summed E-state index contributed by atoms with van der Waals surface area (Å²) < 4.78 is 1.19. The molecule has 136 valence electrons. The van der Waals surface area contributed by atoms with Crippen molar-refractivity contribution in [1.82, 2.24) is 10.3 Å². The minimum absolute atomic E-state index is 0.0701. The highest BCUT2D eigenvalue weighted by atomic mass is 32.1. The smallest absolute Gasteiger partial charge is 0.308 e. The molecule has 0 aliphatic carbocycles. The molecule has 0 radical (unpaired) electrons. The minimum Gasteiger partial charge on any atom is -0.481 e. The van der Waals surface area contributed by atoms with Gasteiger partial charge in [-0.25, -0.2) is 4.98 Å². The average Bonchev–Trinajstić information content (AvgIpc) is 2.97. The first-order chi connectivity index (χ1) is 12.0. The van der Waals surface area contributed by atoms with E-state index in [0.717, 1.165) is 29.8 Å². The fourth-order valence-corrected chi connectivity index (χ4v) is 3.76. The Bertz CT molecular complexity index is 679. The highest BCUT2D eigenvalue weighted by Crippen LogP contribution is 2.22. The van der Waals surface area contributed by atoms with E-state index in [2.05, 4.69) is 16.4 Å². The van der Waals surface area contributed by atoms with Crippen LogP contribution in [0, 0.1) is 11.8 Å². The number of nitrogens with zero attached hydrogens (tertiary/aromatic N) is 1. The number of fused-ring (bicyclic) bond motifs is 1. The largest absolute Gasteiger partial charge is 0.481 e. The fourth-order valence-electron chi connectivity index (χ4n) is 2.75. The number of aliphatic carboxylic acids is 1. The molecule has 1 heterocycles. The SMILES string of the molecule is CC(C)CC(CNC(=O)CCCCc1nc2ccccc2s1)C(=O)O. The lowest BCUT2D eigenvalue weighted by atomic mass is 9.97. The number of para-hydroxylation sites is 1. The van der Waals surface area contributed by atoms with E-state index in [0.29, 0.717) is 18.8 Å². The molecule has 0 bridgehead atoms. The Morgan fingerprint density at radius 2 is 2.00 bits per heavy atom. The quantitative estimate of drug-likeness (QED) is 0.629. The molecule has 5 nitrogen and oxygen atoms in total. The summed E-state index contributed by atoms with van der Waals surface area (Å²) in [5, 5.41) is 13.0. The number of carboxylic acid groups (broad SMARTS) is 1. The molecular weight excluding hydrogens is 336 g/mol. The molecule has 6 heteroatoms. The van der Waals surface area contributed by atoms with Gasteiger partial charge in [-0.2, -0.15) is 0 Å². The summed E-state index contributed by atoms with van der Waals surface area (Å²) in [4.78, 5) is 27.7. The molecule has 0 saturated heterocycles. The summed E-state index contributed by atoms with van der Waals surface area (Å²) in [7, 11) is 0. The number of unbranched alkanes of at least 4 members (excludes halogenated alkanes) is 1. The predicted octanol–water partition coefficient (Wildman–Crippen LogP) is 3.87. The molecule has 0 fully saturated rings. The lowest BCUT2D eigenvalue weighted by molar-refractivity contribution is -0.142. The second-order valence-corrected chi connectivity index (χ2v) is 7.87. The second-order valence-electron chi connectivity index (χ2n) is 6.75. The maximum atomic E-state index is 11.9. The van der Waals surface area contributed by atoms with Gasteiger partial charge >= 0.3 is 5.97 Å². The summed E-state index contributed by atoms with van der Waals surface area (Å²) >= 11 is 1.70. The van der Waals surface area contributed by atoms with Gasteiger partial charge in [-0.3, -0.25) is 9.59 Å². The van der Waals surface area contributed by atoms with Crippen molar-refractivity contribution in [3.05, 3.63) is 29.3 Å². The van der Waals surface area contributed by atoms with Gasteiger partial charge < -0.3 is 10.4 Å². The number of carbonyl (C=O) groups excluding carboxylic acids is 1. The highest BCUT2D eigenvalue weighted by molar-refractivity contribution is 7.18. The number of aryl methyl sites for hydroxylation is 1. The number of carbonyl (C=O) groups is 2. The average molecular weight is 362 g/mol. The number of amides is 1. The van der Waals surface area contributed by atoms with Crippen LogP contribution in [0.1, 0.15) is 44.5 Å². The van der Waals surface area contributed by atoms with Crippen molar-refractivity contribution in [2.45, 2.75) is 46.0 Å². The van der Waals surface area contributed by atoms with Crippen LogP contribution in [-0.4, -0.2) is 28.5 Å². The van der Waals surface area contributed by atoms with Gasteiger partial charge in [-0.15, -0.1) is 11.3 Å². The van der Waals surface area contributed by atoms with Gasteiger partial charge in [0.05, 0.1) is 21.1 Å². The zero-order chi connectivity index (χ0) is 18.2. The third-order valence-corrected chi connectivity index (χ3v) is 5.13. The van der Waals surface area contributed by atoms with Gasteiger partial charge in [0.25, 0.3) is 0 Å². The Morgan fingerprint density at radius 1 is 1.24 bits per heavy atom. The highest BCUT2D eigenvalue weighted by Gasteiger charge is 2.19. The Balaban J connectivity index is 1.67. The normalized spacial score (nSPS) is 12.4. The molecule has 1 atom stereocenters.